The van der Waals surface area contributed by atoms with Crippen molar-refractivity contribution in [1.29, 1.82) is 0 Å². The molecule has 156 valence electrons. The Labute approximate surface area is 176 Å². The van der Waals surface area contributed by atoms with Crippen LogP contribution in [-0.2, 0) is 22.5 Å². The first kappa shape index (κ1) is 20.5. The van der Waals surface area contributed by atoms with Crippen molar-refractivity contribution in [3.63, 3.8) is 0 Å². The van der Waals surface area contributed by atoms with Crippen LogP contribution in [0.3, 0.4) is 0 Å². The molecule has 2 saturated heterocycles. The van der Waals surface area contributed by atoms with Crippen LogP contribution in [0.25, 0.3) is 10.6 Å². The molecule has 2 fully saturated rings. The Balaban J connectivity index is 1.32. The standard InChI is InChI=1S/C22H30N4O2S/c1-25-7-9-26(10-8-25)15-17-4-2-5-18(12-17)22-24-19(16-29-22)13-21(27)23-14-20-6-3-11-28-20/h2,4-5,12,16,20H,3,6-11,13-15H2,1H3,(H,23,27). The number of ether oxygens (including phenoxy) is 1. The van der Waals surface area contributed by atoms with E-state index >= 15 is 0 Å². The van der Waals surface area contributed by atoms with Gasteiger partial charge in [0.25, 0.3) is 0 Å². The maximum atomic E-state index is 12.2. The van der Waals surface area contributed by atoms with Crippen molar-refractivity contribution in [2.75, 3.05) is 46.4 Å². The van der Waals surface area contributed by atoms with Gasteiger partial charge in [-0.25, -0.2) is 4.98 Å². The number of likely N-dealkylation sites (N-methyl/N-ethyl adjacent to an activating group) is 1. The zero-order valence-corrected chi connectivity index (χ0v) is 17.9. The first-order valence-corrected chi connectivity index (χ1v) is 11.4. The molecule has 1 amide bonds. The van der Waals surface area contributed by atoms with Gasteiger partial charge >= 0.3 is 0 Å². The minimum Gasteiger partial charge on any atom is -0.376 e. The summed E-state index contributed by atoms with van der Waals surface area (Å²) in [5, 5.41) is 5.94. The van der Waals surface area contributed by atoms with Crippen molar-refractivity contribution >= 4 is 17.2 Å². The van der Waals surface area contributed by atoms with Crippen molar-refractivity contribution < 1.29 is 9.53 Å². The number of aromatic nitrogens is 1. The molecule has 1 unspecified atom stereocenters. The van der Waals surface area contributed by atoms with Gasteiger partial charge in [0.15, 0.2) is 0 Å². The summed E-state index contributed by atoms with van der Waals surface area (Å²) in [4.78, 5) is 21.8. The summed E-state index contributed by atoms with van der Waals surface area (Å²) in [6.45, 7) is 6.88. The van der Waals surface area contributed by atoms with E-state index in [1.165, 1.54) is 5.56 Å². The average Bonchev–Trinajstić information content (AvgIpc) is 3.41. The molecule has 1 N–H and O–H groups in total. The monoisotopic (exact) mass is 414 g/mol. The number of carbonyl (C=O) groups excluding carboxylic acids is 1. The highest BCUT2D eigenvalue weighted by atomic mass is 32.1. The van der Waals surface area contributed by atoms with Crippen molar-refractivity contribution in [3.05, 3.63) is 40.9 Å². The van der Waals surface area contributed by atoms with Crippen LogP contribution >= 0.6 is 11.3 Å². The fourth-order valence-corrected chi connectivity index (χ4v) is 4.66. The molecule has 6 nitrogen and oxygen atoms in total. The smallest absolute Gasteiger partial charge is 0.226 e. The van der Waals surface area contributed by atoms with Crippen LogP contribution in [0.4, 0.5) is 0 Å². The van der Waals surface area contributed by atoms with Gasteiger partial charge in [0.2, 0.25) is 5.91 Å². The predicted octanol–water partition coefficient (Wildman–Crippen LogP) is 2.40. The third kappa shape index (κ3) is 5.85. The third-order valence-corrected chi connectivity index (χ3v) is 6.56. The van der Waals surface area contributed by atoms with E-state index in [1.807, 2.05) is 5.38 Å². The topological polar surface area (TPSA) is 57.7 Å². The Hall–Kier alpha value is -1.80. The van der Waals surface area contributed by atoms with Crippen LogP contribution in [0.5, 0.6) is 0 Å². The van der Waals surface area contributed by atoms with E-state index in [0.29, 0.717) is 13.0 Å². The fourth-order valence-electron chi connectivity index (χ4n) is 3.85. The number of thiazole rings is 1. The molecule has 7 heteroatoms. The zero-order valence-electron chi connectivity index (χ0n) is 17.1. The largest absolute Gasteiger partial charge is 0.376 e. The van der Waals surface area contributed by atoms with Gasteiger partial charge in [-0.15, -0.1) is 11.3 Å². The van der Waals surface area contributed by atoms with Crippen molar-refractivity contribution in [3.8, 4) is 10.6 Å². The molecule has 2 aliphatic heterocycles. The normalized spacial score (nSPS) is 20.8. The molecule has 0 aliphatic carbocycles. The molecule has 0 spiro atoms. The second-order valence-electron chi connectivity index (χ2n) is 8.04. The number of carbonyl (C=O) groups is 1. The van der Waals surface area contributed by atoms with Crippen molar-refractivity contribution in [2.45, 2.75) is 31.9 Å². The minimum atomic E-state index is 0.0150. The van der Waals surface area contributed by atoms with Crippen LogP contribution in [0.1, 0.15) is 24.1 Å². The molecule has 0 saturated carbocycles. The maximum absolute atomic E-state index is 12.2. The number of nitrogens with one attached hydrogen (secondary N) is 1. The van der Waals surface area contributed by atoms with E-state index in [0.717, 1.165) is 68.4 Å². The van der Waals surface area contributed by atoms with E-state index in [-0.39, 0.29) is 12.0 Å². The molecule has 3 heterocycles. The van der Waals surface area contributed by atoms with Gasteiger partial charge in [-0.05, 0) is 31.5 Å². The van der Waals surface area contributed by atoms with Gasteiger partial charge in [-0.1, -0.05) is 18.2 Å². The second-order valence-corrected chi connectivity index (χ2v) is 8.90. The third-order valence-electron chi connectivity index (χ3n) is 5.62. The maximum Gasteiger partial charge on any atom is 0.226 e. The van der Waals surface area contributed by atoms with E-state index in [4.69, 9.17) is 9.72 Å². The highest BCUT2D eigenvalue weighted by Crippen LogP contribution is 2.25. The highest BCUT2D eigenvalue weighted by molar-refractivity contribution is 7.13. The summed E-state index contributed by atoms with van der Waals surface area (Å²) < 4.78 is 5.55. The summed E-state index contributed by atoms with van der Waals surface area (Å²) >= 11 is 1.61. The second kappa shape index (κ2) is 9.80. The van der Waals surface area contributed by atoms with E-state index < -0.39 is 0 Å². The Morgan fingerprint density at radius 3 is 2.97 bits per heavy atom. The highest BCUT2D eigenvalue weighted by Gasteiger charge is 2.17. The first-order chi connectivity index (χ1) is 14.2. The summed E-state index contributed by atoms with van der Waals surface area (Å²) in [7, 11) is 2.18. The van der Waals surface area contributed by atoms with Crippen molar-refractivity contribution in [1.82, 2.24) is 20.1 Å². The molecule has 1 atom stereocenters. The molecule has 4 rings (SSSR count). The number of rotatable bonds is 7. The molecule has 0 radical (unpaired) electrons. The van der Waals surface area contributed by atoms with Gasteiger partial charge in [-0.3, -0.25) is 9.69 Å². The Morgan fingerprint density at radius 1 is 1.31 bits per heavy atom. The number of hydrogen-bond donors (Lipinski definition) is 1. The van der Waals surface area contributed by atoms with Gasteiger partial charge in [-0.2, -0.15) is 0 Å². The molecule has 2 aromatic rings. The molecular weight excluding hydrogens is 384 g/mol. The summed E-state index contributed by atoms with van der Waals surface area (Å²) in [6.07, 6.45) is 2.62. The Kier molecular flexibility index (Phi) is 6.92. The van der Waals surface area contributed by atoms with Gasteiger partial charge < -0.3 is 15.0 Å². The lowest BCUT2D eigenvalue weighted by atomic mass is 10.1. The predicted molar refractivity (Wildman–Crippen MR) is 116 cm³/mol. The molecular formula is C22H30N4O2S. The number of piperazine rings is 1. The molecule has 29 heavy (non-hydrogen) atoms. The van der Waals surface area contributed by atoms with E-state index in [1.54, 1.807) is 11.3 Å². The molecule has 1 aromatic carbocycles. The number of amides is 1. The van der Waals surface area contributed by atoms with E-state index in [2.05, 4.69) is 46.4 Å². The minimum absolute atomic E-state index is 0.0150. The van der Waals surface area contributed by atoms with Crippen LogP contribution in [-0.4, -0.2) is 73.2 Å². The quantitative estimate of drug-likeness (QED) is 0.754. The SMILES string of the molecule is CN1CCN(Cc2cccc(-c3nc(CC(=O)NCC4CCCO4)cs3)c2)CC1. The Morgan fingerprint density at radius 2 is 2.17 bits per heavy atom. The zero-order chi connectivity index (χ0) is 20.1. The van der Waals surface area contributed by atoms with Crippen LogP contribution in [0.2, 0.25) is 0 Å². The summed E-state index contributed by atoms with van der Waals surface area (Å²) in [5.41, 5.74) is 3.28. The Bertz CT molecular complexity index is 811. The first-order valence-electron chi connectivity index (χ1n) is 10.5. The lowest BCUT2D eigenvalue weighted by molar-refractivity contribution is -0.121. The molecule has 2 aliphatic rings. The summed E-state index contributed by atoms with van der Waals surface area (Å²) in [6, 6.07) is 8.64. The number of hydrogen-bond acceptors (Lipinski definition) is 6. The lowest BCUT2D eigenvalue weighted by Gasteiger charge is -2.32. The fraction of sp³-hybridized carbons (Fsp3) is 0.545. The number of benzene rings is 1. The van der Waals surface area contributed by atoms with Crippen LogP contribution < -0.4 is 5.32 Å². The van der Waals surface area contributed by atoms with Crippen molar-refractivity contribution in [2.24, 2.45) is 0 Å². The average molecular weight is 415 g/mol. The lowest BCUT2D eigenvalue weighted by Crippen LogP contribution is -2.43. The molecule has 1 aromatic heterocycles. The van der Waals surface area contributed by atoms with Crippen LogP contribution in [0.15, 0.2) is 29.6 Å². The van der Waals surface area contributed by atoms with Gasteiger partial charge in [0.05, 0.1) is 18.2 Å². The van der Waals surface area contributed by atoms with Gasteiger partial charge in [0, 0.05) is 56.8 Å². The van der Waals surface area contributed by atoms with E-state index in [9.17, 15) is 4.79 Å². The number of nitrogens with zero attached hydrogens (tertiary/aromatic N) is 3. The van der Waals surface area contributed by atoms with Gasteiger partial charge in [0.1, 0.15) is 5.01 Å². The molecule has 0 bridgehead atoms. The summed E-state index contributed by atoms with van der Waals surface area (Å²) in [5.74, 6) is 0.0150. The van der Waals surface area contributed by atoms with Crippen LogP contribution in [0, 0.1) is 0 Å².